The lowest BCUT2D eigenvalue weighted by Crippen LogP contribution is -2.27. The molecule has 0 aromatic carbocycles. The van der Waals surface area contributed by atoms with Crippen LogP contribution in [0.15, 0.2) is 0 Å². The lowest BCUT2D eigenvalue weighted by atomic mass is 10.0. The molecule has 4 nitrogen and oxygen atoms in total. The van der Waals surface area contributed by atoms with Crippen LogP contribution in [0.5, 0.6) is 0 Å². The molecule has 1 aliphatic carbocycles. The van der Waals surface area contributed by atoms with E-state index >= 15 is 0 Å². The van der Waals surface area contributed by atoms with Crippen molar-refractivity contribution in [1.29, 1.82) is 0 Å². The van der Waals surface area contributed by atoms with Gasteiger partial charge in [0.05, 0.1) is 5.25 Å². The topological polar surface area (TPSA) is 89.4 Å². The van der Waals surface area contributed by atoms with E-state index in [0.717, 1.165) is 6.42 Å². The molecule has 1 aliphatic rings. The van der Waals surface area contributed by atoms with Gasteiger partial charge in [-0.3, -0.25) is 4.55 Å². The van der Waals surface area contributed by atoms with Gasteiger partial charge < -0.3 is 6.15 Å². The van der Waals surface area contributed by atoms with E-state index in [9.17, 15) is 8.42 Å². The van der Waals surface area contributed by atoms with Gasteiger partial charge >= 0.3 is 0 Å². The van der Waals surface area contributed by atoms with E-state index in [2.05, 4.69) is 0 Å². The van der Waals surface area contributed by atoms with Crippen LogP contribution < -0.4 is 6.15 Å². The van der Waals surface area contributed by atoms with Gasteiger partial charge in [-0.25, -0.2) is 0 Å². The lowest BCUT2D eigenvalue weighted by molar-refractivity contribution is 0.413. The van der Waals surface area contributed by atoms with Crippen LogP contribution in [-0.2, 0) is 10.1 Å². The Labute approximate surface area is 54.6 Å². The van der Waals surface area contributed by atoms with E-state index in [1.807, 2.05) is 0 Å². The predicted octanol–water partition coefficient (Wildman–Crippen LogP) is 0.589. The van der Waals surface area contributed by atoms with Gasteiger partial charge in [-0.05, 0) is 12.8 Å². The second-order valence-electron chi connectivity index (χ2n) is 2.07. The third-order valence-corrected chi connectivity index (χ3v) is 2.79. The molecule has 0 aliphatic heterocycles. The summed E-state index contributed by atoms with van der Waals surface area (Å²) in [5.74, 6) is 0. The Hall–Kier alpha value is -0.130. The lowest BCUT2D eigenvalue weighted by Gasteiger charge is -2.21. The summed E-state index contributed by atoms with van der Waals surface area (Å²) in [5, 5.41) is -0.442. The second kappa shape index (κ2) is 2.64. The molecule has 0 heterocycles. The smallest absolute Gasteiger partial charge is 0.267 e. The van der Waals surface area contributed by atoms with Crippen molar-refractivity contribution in [2.45, 2.75) is 24.5 Å². The van der Waals surface area contributed by atoms with Crippen molar-refractivity contribution < 1.29 is 13.0 Å². The standard InChI is InChI=1S/C4H8O3S.H3N/c5-8(6,7)4-2-1-3-4;/h4H,1-3H2,(H,5,6,7);1H3. The summed E-state index contributed by atoms with van der Waals surface area (Å²) < 4.78 is 28.6. The van der Waals surface area contributed by atoms with Crippen molar-refractivity contribution in [2.24, 2.45) is 0 Å². The molecule has 56 valence electrons. The van der Waals surface area contributed by atoms with Gasteiger partial charge in [-0.2, -0.15) is 8.42 Å². The number of hydrogen-bond acceptors (Lipinski definition) is 3. The first kappa shape index (κ1) is 8.87. The van der Waals surface area contributed by atoms with Gasteiger partial charge in [0.1, 0.15) is 0 Å². The number of hydrogen-bond donors (Lipinski definition) is 2. The Kier molecular flexibility index (Phi) is 2.60. The molecule has 1 fully saturated rings. The highest BCUT2D eigenvalue weighted by atomic mass is 32.2. The molecule has 0 spiro atoms. The Morgan fingerprint density at radius 3 is 1.78 bits per heavy atom. The maximum atomic E-state index is 10.2. The average molecular weight is 153 g/mol. The van der Waals surface area contributed by atoms with E-state index in [1.54, 1.807) is 0 Å². The molecule has 1 rings (SSSR count). The molecule has 0 unspecified atom stereocenters. The van der Waals surface area contributed by atoms with Crippen molar-refractivity contribution in [1.82, 2.24) is 6.15 Å². The average Bonchev–Trinajstić information content (AvgIpc) is 1.16. The fourth-order valence-corrected chi connectivity index (χ4v) is 1.60. The summed E-state index contributed by atoms with van der Waals surface area (Å²) in [7, 11) is -3.67. The van der Waals surface area contributed by atoms with E-state index in [-0.39, 0.29) is 6.15 Å². The summed E-state index contributed by atoms with van der Waals surface area (Å²) in [4.78, 5) is 0. The van der Waals surface area contributed by atoms with Crippen LogP contribution in [0.4, 0.5) is 0 Å². The van der Waals surface area contributed by atoms with Crippen LogP contribution in [0, 0.1) is 0 Å². The molecular formula is C4H11NO3S. The Morgan fingerprint density at radius 1 is 1.33 bits per heavy atom. The van der Waals surface area contributed by atoms with Crippen molar-refractivity contribution in [3.63, 3.8) is 0 Å². The summed E-state index contributed by atoms with van der Waals surface area (Å²) in [6.45, 7) is 0. The van der Waals surface area contributed by atoms with Crippen molar-refractivity contribution >= 4 is 10.1 Å². The van der Waals surface area contributed by atoms with Gasteiger partial charge in [-0.15, -0.1) is 0 Å². The first-order chi connectivity index (χ1) is 3.61. The van der Waals surface area contributed by atoms with Gasteiger partial charge in [0.15, 0.2) is 0 Å². The molecule has 0 atom stereocenters. The molecule has 9 heavy (non-hydrogen) atoms. The third-order valence-electron chi connectivity index (χ3n) is 1.47. The summed E-state index contributed by atoms with van der Waals surface area (Å²) >= 11 is 0. The normalized spacial score (nSPS) is 20.1. The summed E-state index contributed by atoms with van der Waals surface area (Å²) in [6.07, 6.45) is 2.21. The minimum Gasteiger partial charge on any atom is -0.344 e. The van der Waals surface area contributed by atoms with Gasteiger partial charge in [0, 0.05) is 0 Å². The summed E-state index contributed by atoms with van der Waals surface area (Å²) in [5.41, 5.74) is 0. The highest BCUT2D eigenvalue weighted by Crippen LogP contribution is 2.24. The third kappa shape index (κ3) is 1.92. The zero-order valence-electron chi connectivity index (χ0n) is 5.08. The maximum absolute atomic E-state index is 10.2. The van der Waals surface area contributed by atoms with Gasteiger partial charge in [0.2, 0.25) is 0 Å². The molecule has 0 aromatic heterocycles. The molecule has 0 saturated heterocycles. The zero-order valence-corrected chi connectivity index (χ0v) is 5.89. The maximum Gasteiger partial charge on any atom is 0.267 e. The van der Waals surface area contributed by atoms with Crippen LogP contribution >= 0.6 is 0 Å². The van der Waals surface area contributed by atoms with E-state index in [0.29, 0.717) is 12.8 Å². The van der Waals surface area contributed by atoms with Crippen LogP contribution in [-0.4, -0.2) is 18.2 Å². The van der Waals surface area contributed by atoms with Crippen LogP contribution in [0.25, 0.3) is 0 Å². The van der Waals surface area contributed by atoms with Crippen molar-refractivity contribution in [2.75, 3.05) is 0 Å². The van der Waals surface area contributed by atoms with Crippen LogP contribution in [0.2, 0.25) is 0 Å². The van der Waals surface area contributed by atoms with E-state index < -0.39 is 15.4 Å². The summed E-state index contributed by atoms with van der Waals surface area (Å²) in [6, 6.07) is 0. The van der Waals surface area contributed by atoms with Gasteiger partial charge in [-0.1, -0.05) is 6.42 Å². The molecule has 0 aromatic rings. The molecule has 4 N–H and O–H groups in total. The molecule has 0 radical (unpaired) electrons. The first-order valence-electron chi connectivity index (χ1n) is 2.57. The molecule has 0 bridgehead atoms. The van der Waals surface area contributed by atoms with Crippen molar-refractivity contribution in [3.05, 3.63) is 0 Å². The fraction of sp³-hybridized carbons (Fsp3) is 1.00. The quantitative estimate of drug-likeness (QED) is 0.539. The minimum absolute atomic E-state index is 0. The van der Waals surface area contributed by atoms with Crippen molar-refractivity contribution in [3.8, 4) is 0 Å². The minimum atomic E-state index is -3.67. The Morgan fingerprint density at radius 2 is 1.78 bits per heavy atom. The van der Waals surface area contributed by atoms with E-state index in [1.165, 1.54) is 0 Å². The van der Waals surface area contributed by atoms with Crippen LogP contribution in [0.1, 0.15) is 19.3 Å². The molecular weight excluding hydrogens is 142 g/mol. The van der Waals surface area contributed by atoms with Crippen LogP contribution in [0.3, 0.4) is 0 Å². The SMILES string of the molecule is N.O=S(=O)(O)C1CCC1. The van der Waals surface area contributed by atoms with E-state index in [4.69, 9.17) is 4.55 Å². The largest absolute Gasteiger partial charge is 0.344 e. The highest BCUT2D eigenvalue weighted by Gasteiger charge is 2.28. The monoisotopic (exact) mass is 153 g/mol. The fourth-order valence-electron chi connectivity index (χ4n) is 0.669. The molecule has 1 saturated carbocycles. The molecule has 5 heteroatoms. The van der Waals surface area contributed by atoms with Gasteiger partial charge in [0.25, 0.3) is 10.1 Å². The predicted molar refractivity (Wildman–Crippen MR) is 34.2 cm³/mol. The second-order valence-corrected chi connectivity index (χ2v) is 3.76. The highest BCUT2D eigenvalue weighted by molar-refractivity contribution is 7.86. The zero-order chi connectivity index (χ0) is 6.20. The Bertz CT molecular complexity index is 170. The molecule has 0 amide bonds. The Balaban J connectivity index is 0.000000640. The first-order valence-corrected chi connectivity index (χ1v) is 4.07. The number of rotatable bonds is 1.